The molecule has 0 bridgehead atoms. The maximum atomic E-state index is 13.6. The number of sulfonamides is 1. The lowest BCUT2D eigenvalue weighted by Gasteiger charge is -2.33. The number of benzene rings is 2. The molecule has 0 saturated heterocycles. The van der Waals surface area contributed by atoms with Crippen molar-refractivity contribution < 1.29 is 27.2 Å². The van der Waals surface area contributed by atoms with Crippen molar-refractivity contribution in [3.05, 3.63) is 65.5 Å². The van der Waals surface area contributed by atoms with Gasteiger partial charge in [-0.15, -0.1) is 0 Å². The number of nitrogens with zero attached hydrogens (tertiary/aromatic N) is 2. The van der Waals surface area contributed by atoms with Crippen LogP contribution in [0.1, 0.15) is 50.0 Å². The van der Waals surface area contributed by atoms with E-state index in [2.05, 4.69) is 5.32 Å². The van der Waals surface area contributed by atoms with Gasteiger partial charge in [0.2, 0.25) is 21.8 Å². The highest BCUT2D eigenvalue weighted by Crippen LogP contribution is 2.21. The van der Waals surface area contributed by atoms with Gasteiger partial charge >= 0.3 is 0 Å². The van der Waals surface area contributed by atoms with Crippen LogP contribution in [0.3, 0.4) is 0 Å². The summed E-state index contributed by atoms with van der Waals surface area (Å²) in [6.45, 7) is 6.11. The Morgan fingerprint density at radius 3 is 2.20 bits per heavy atom. The SMILES string of the molecule is CCC(C(=O)NC(C)C)N(Cc1ccc(F)cc1)C(=O)CN(c1cccc(C(C)=O)c1)S(C)(=O)=O. The molecule has 35 heavy (non-hydrogen) atoms. The number of halogens is 1. The predicted octanol–water partition coefficient (Wildman–Crippen LogP) is 3.13. The zero-order chi connectivity index (χ0) is 26.3. The molecule has 0 aliphatic carbocycles. The van der Waals surface area contributed by atoms with Gasteiger partial charge in [0.05, 0.1) is 11.9 Å². The van der Waals surface area contributed by atoms with Crippen molar-refractivity contribution in [3.8, 4) is 0 Å². The number of hydrogen-bond acceptors (Lipinski definition) is 5. The summed E-state index contributed by atoms with van der Waals surface area (Å²) in [6, 6.07) is 10.5. The fraction of sp³-hybridized carbons (Fsp3) is 0.400. The monoisotopic (exact) mass is 505 g/mol. The molecular formula is C25H32FN3O5S. The summed E-state index contributed by atoms with van der Waals surface area (Å²) < 4.78 is 39.6. The first kappa shape index (κ1) is 28.0. The van der Waals surface area contributed by atoms with Crippen LogP contribution in [0.15, 0.2) is 48.5 Å². The van der Waals surface area contributed by atoms with Crippen molar-refractivity contribution in [1.82, 2.24) is 10.2 Å². The number of anilines is 1. The van der Waals surface area contributed by atoms with Gasteiger partial charge in [-0.25, -0.2) is 12.8 Å². The van der Waals surface area contributed by atoms with Gasteiger partial charge in [0.1, 0.15) is 18.4 Å². The van der Waals surface area contributed by atoms with Gasteiger partial charge in [-0.2, -0.15) is 0 Å². The van der Waals surface area contributed by atoms with E-state index in [-0.39, 0.29) is 36.4 Å². The Morgan fingerprint density at radius 1 is 1.06 bits per heavy atom. The van der Waals surface area contributed by atoms with E-state index < -0.39 is 34.3 Å². The van der Waals surface area contributed by atoms with Crippen LogP contribution in [0, 0.1) is 5.82 Å². The normalized spacial score (nSPS) is 12.2. The van der Waals surface area contributed by atoms with Crippen molar-refractivity contribution in [2.75, 3.05) is 17.1 Å². The van der Waals surface area contributed by atoms with Crippen LogP contribution in [-0.2, 0) is 26.2 Å². The predicted molar refractivity (Wildman–Crippen MR) is 133 cm³/mol. The molecule has 2 rings (SSSR count). The summed E-state index contributed by atoms with van der Waals surface area (Å²) >= 11 is 0. The van der Waals surface area contributed by atoms with Crippen molar-refractivity contribution in [2.45, 2.75) is 52.7 Å². The van der Waals surface area contributed by atoms with Crippen molar-refractivity contribution in [3.63, 3.8) is 0 Å². The molecule has 0 heterocycles. The second-order valence-corrected chi connectivity index (χ2v) is 10.5. The van der Waals surface area contributed by atoms with Crippen molar-refractivity contribution in [1.29, 1.82) is 0 Å². The number of rotatable bonds is 11. The van der Waals surface area contributed by atoms with E-state index >= 15 is 0 Å². The highest BCUT2D eigenvalue weighted by molar-refractivity contribution is 7.92. The first-order valence-corrected chi connectivity index (χ1v) is 13.1. The third kappa shape index (κ3) is 7.88. The van der Waals surface area contributed by atoms with Crippen LogP contribution in [0.2, 0.25) is 0 Å². The number of Topliss-reactive ketones (excluding diaryl/α,β-unsaturated/α-hetero) is 1. The van der Waals surface area contributed by atoms with Crippen LogP contribution in [0.4, 0.5) is 10.1 Å². The second-order valence-electron chi connectivity index (χ2n) is 8.61. The molecule has 0 radical (unpaired) electrons. The zero-order valence-corrected chi connectivity index (χ0v) is 21.4. The minimum Gasteiger partial charge on any atom is -0.352 e. The molecule has 190 valence electrons. The summed E-state index contributed by atoms with van der Waals surface area (Å²) in [6.07, 6.45) is 1.25. The van der Waals surface area contributed by atoms with Gasteiger partial charge in [-0.1, -0.05) is 31.2 Å². The molecule has 1 N–H and O–H groups in total. The largest absolute Gasteiger partial charge is 0.352 e. The van der Waals surface area contributed by atoms with E-state index in [1.165, 1.54) is 54.3 Å². The maximum absolute atomic E-state index is 13.6. The average molecular weight is 506 g/mol. The molecule has 2 aromatic rings. The Morgan fingerprint density at radius 2 is 1.69 bits per heavy atom. The van der Waals surface area contributed by atoms with Gasteiger partial charge in [0, 0.05) is 18.2 Å². The molecule has 1 atom stereocenters. The van der Waals surface area contributed by atoms with Crippen LogP contribution in [0.25, 0.3) is 0 Å². The van der Waals surface area contributed by atoms with Crippen LogP contribution in [-0.4, -0.2) is 55.8 Å². The Bertz CT molecular complexity index is 1170. The molecule has 0 aliphatic rings. The Balaban J connectivity index is 2.47. The number of carbonyl (C=O) groups excluding carboxylic acids is 3. The molecule has 0 saturated carbocycles. The standard InChI is InChI=1S/C25H32FN3O5S/c1-6-23(25(32)27-17(2)3)28(15-19-10-12-21(26)13-11-19)24(31)16-29(35(5,33)34)22-9-7-8-20(14-22)18(4)30/h7-14,17,23H,6,15-16H2,1-5H3,(H,27,32). The molecule has 2 amide bonds. The maximum Gasteiger partial charge on any atom is 0.244 e. The zero-order valence-electron chi connectivity index (χ0n) is 20.6. The number of hydrogen-bond donors (Lipinski definition) is 1. The second kappa shape index (κ2) is 11.9. The van der Waals surface area contributed by atoms with Crippen molar-refractivity contribution in [2.24, 2.45) is 0 Å². The fourth-order valence-corrected chi connectivity index (χ4v) is 4.42. The lowest BCUT2D eigenvalue weighted by molar-refractivity contribution is -0.140. The smallest absolute Gasteiger partial charge is 0.244 e. The van der Waals surface area contributed by atoms with Gasteiger partial charge in [-0.3, -0.25) is 18.7 Å². The number of amides is 2. The van der Waals surface area contributed by atoms with Crippen LogP contribution < -0.4 is 9.62 Å². The fourth-order valence-electron chi connectivity index (χ4n) is 3.58. The van der Waals surface area contributed by atoms with E-state index in [0.29, 0.717) is 11.1 Å². The molecule has 0 aliphatic heterocycles. The summed E-state index contributed by atoms with van der Waals surface area (Å²) in [4.78, 5) is 39.6. The van der Waals surface area contributed by atoms with Crippen LogP contribution >= 0.6 is 0 Å². The topological polar surface area (TPSA) is 104 Å². The first-order valence-electron chi connectivity index (χ1n) is 11.3. The van der Waals surface area contributed by atoms with Gasteiger partial charge in [0.25, 0.3) is 0 Å². The Kier molecular flexibility index (Phi) is 9.53. The van der Waals surface area contributed by atoms with E-state index in [0.717, 1.165) is 10.6 Å². The molecule has 0 aromatic heterocycles. The highest BCUT2D eigenvalue weighted by atomic mass is 32.2. The lowest BCUT2D eigenvalue weighted by Crippen LogP contribution is -2.53. The van der Waals surface area contributed by atoms with Gasteiger partial charge < -0.3 is 10.2 Å². The molecule has 0 fully saturated rings. The molecule has 2 aromatic carbocycles. The Labute approximate surface area is 206 Å². The minimum atomic E-state index is -3.91. The van der Waals surface area contributed by atoms with E-state index in [1.54, 1.807) is 26.8 Å². The minimum absolute atomic E-state index is 0.0196. The number of nitrogens with one attached hydrogen (secondary N) is 1. The van der Waals surface area contributed by atoms with Gasteiger partial charge in [-0.05, 0) is 57.0 Å². The molecule has 1 unspecified atom stereocenters. The summed E-state index contributed by atoms with van der Waals surface area (Å²) in [5.74, 6) is -1.67. The summed E-state index contributed by atoms with van der Waals surface area (Å²) in [5.41, 5.74) is 1.05. The third-order valence-corrected chi connectivity index (χ3v) is 6.44. The first-order chi connectivity index (χ1) is 16.3. The lowest BCUT2D eigenvalue weighted by atomic mass is 10.1. The summed E-state index contributed by atoms with van der Waals surface area (Å²) in [7, 11) is -3.91. The average Bonchev–Trinajstić information content (AvgIpc) is 2.77. The molecule has 0 spiro atoms. The van der Waals surface area contributed by atoms with E-state index in [1.807, 2.05) is 0 Å². The number of carbonyl (C=O) groups is 3. The van der Waals surface area contributed by atoms with Gasteiger partial charge in [0.15, 0.2) is 5.78 Å². The van der Waals surface area contributed by atoms with E-state index in [9.17, 15) is 27.2 Å². The molecular weight excluding hydrogens is 473 g/mol. The number of ketones is 1. The summed E-state index contributed by atoms with van der Waals surface area (Å²) in [5, 5.41) is 2.80. The third-order valence-electron chi connectivity index (χ3n) is 5.30. The quantitative estimate of drug-likeness (QED) is 0.473. The highest BCUT2D eigenvalue weighted by Gasteiger charge is 2.32. The van der Waals surface area contributed by atoms with Crippen LogP contribution in [0.5, 0.6) is 0 Å². The molecule has 10 heteroatoms. The van der Waals surface area contributed by atoms with Crippen molar-refractivity contribution >= 4 is 33.3 Å². The Hall–Kier alpha value is -3.27. The van der Waals surface area contributed by atoms with E-state index in [4.69, 9.17) is 0 Å². The molecule has 8 nitrogen and oxygen atoms in total.